The van der Waals surface area contributed by atoms with Crippen molar-refractivity contribution in [1.29, 1.82) is 0 Å². The smallest absolute Gasteiger partial charge is 0.410 e. The van der Waals surface area contributed by atoms with Crippen molar-refractivity contribution < 1.29 is 18.7 Å². The minimum atomic E-state index is -0.587. The lowest BCUT2D eigenvalue weighted by Crippen LogP contribution is -2.46. The second-order valence-electron chi connectivity index (χ2n) is 6.78. The summed E-state index contributed by atoms with van der Waals surface area (Å²) in [6.07, 6.45) is 0.0758. The molecule has 1 heterocycles. The van der Waals surface area contributed by atoms with Crippen LogP contribution in [-0.2, 0) is 16.0 Å². The van der Waals surface area contributed by atoms with E-state index in [9.17, 15) is 14.0 Å². The van der Waals surface area contributed by atoms with Gasteiger partial charge < -0.3 is 9.64 Å². The second-order valence-corrected chi connectivity index (χ2v) is 7.22. The van der Waals surface area contributed by atoms with E-state index in [4.69, 9.17) is 16.3 Å². The SMILES string of the molecule is CC(C)(C)OC(=O)N1CCC(=O)C(Cc2ccc(Cl)cc2F)C1. The van der Waals surface area contributed by atoms with Crippen LogP contribution in [0.3, 0.4) is 0 Å². The van der Waals surface area contributed by atoms with Gasteiger partial charge in [0.05, 0.1) is 0 Å². The highest BCUT2D eigenvalue weighted by molar-refractivity contribution is 6.30. The Hall–Kier alpha value is -1.62. The Morgan fingerprint density at radius 3 is 2.74 bits per heavy atom. The van der Waals surface area contributed by atoms with Gasteiger partial charge >= 0.3 is 6.09 Å². The summed E-state index contributed by atoms with van der Waals surface area (Å²) < 4.78 is 19.2. The number of ketones is 1. The van der Waals surface area contributed by atoms with E-state index in [-0.39, 0.29) is 25.2 Å². The van der Waals surface area contributed by atoms with Gasteiger partial charge in [0, 0.05) is 30.5 Å². The zero-order valence-electron chi connectivity index (χ0n) is 13.6. The summed E-state index contributed by atoms with van der Waals surface area (Å²) in [5, 5.41) is 0.316. The van der Waals surface area contributed by atoms with Crippen molar-refractivity contribution in [3.8, 4) is 0 Å². The first-order valence-corrected chi connectivity index (χ1v) is 7.98. The fourth-order valence-electron chi connectivity index (χ4n) is 2.53. The van der Waals surface area contributed by atoms with Gasteiger partial charge in [-0.05, 0) is 44.9 Å². The molecule has 0 aromatic heterocycles. The van der Waals surface area contributed by atoms with Crippen LogP contribution in [0.5, 0.6) is 0 Å². The quantitative estimate of drug-likeness (QED) is 0.821. The molecule has 1 fully saturated rings. The number of likely N-dealkylation sites (tertiary alicyclic amines) is 1. The number of benzene rings is 1. The molecule has 1 aromatic rings. The van der Waals surface area contributed by atoms with Crippen LogP contribution >= 0.6 is 11.6 Å². The van der Waals surface area contributed by atoms with Crippen molar-refractivity contribution in [1.82, 2.24) is 4.90 Å². The molecule has 0 bridgehead atoms. The Balaban J connectivity index is 2.06. The van der Waals surface area contributed by atoms with Crippen LogP contribution in [0.2, 0.25) is 5.02 Å². The number of hydrogen-bond donors (Lipinski definition) is 0. The molecule has 1 amide bonds. The maximum absolute atomic E-state index is 13.9. The van der Waals surface area contributed by atoms with Gasteiger partial charge in [0.25, 0.3) is 0 Å². The molecule has 0 saturated carbocycles. The first kappa shape index (κ1) is 17.7. The third-order valence-corrected chi connectivity index (χ3v) is 3.89. The van der Waals surface area contributed by atoms with Gasteiger partial charge in [-0.25, -0.2) is 9.18 Å². The first-order chi connectivity index (χ1) is 10.7. The predicted molar refractivity (Wildman–Crippen MR) is 86.0 cm³/mol. The molecular weight excluding hydrogens is 321 g/mol. The van der Waals surface area contributed by atoms with Gasteiger partial charge in [0.1, 0.15) is 17.2 Å². The third kappa shape index (κ3) is 4.93. The largest absolute Gasteiger partial charge is 0.444 e. The van der Waals surface area contributed by atoms with Gasteiger partial charge in [-0.3, -0.25) is 4.79 Å². The number of hydrogen-bond acceptors (Lipinski definition) is 3. The number of carbonyl (C=O) groups excluding carboxylic acids is 2. The van der Waals surface area contributed by atoms with Crippen LogP contribution in [0.15, 0.2) is 18.2 Å². The van der Waals surface area contributed by atoms with Crippen LogP contribution in [0.25, 0.3) is 0 Å². The lowest BCUT2D eigenvalue weighted by Gasteiger charge is -2.33. The molecule has 126 valence electrons. The average molecular weight is 342 g/mol. The Morgan fingerprint density at radius 1 is 1.43 bits per heavy atom. The summed E-state index contributed by atoms with van der Waals surface area (Å²) in [5.74, 6) is -0.814. The van der Waals surface area contributed by atoms with Crippen molar-refractivity contribution in [2.75, 3.05) is 13.1 Å². The molecule has 1 saturated heterocycles. The molecule has 23 heavy (non-hydrogen) atoms. The summed E-state index contributed by atoms with van der Waals surface area (Å²) in [6.45, 7) is 5.96. The first-order valence-electron chi connectivity index (χ1n) is 7.60. The molecule has 1 aliphatic heterocycles. The summed E-state index contributed by atoms with van der Waals surface area (Å²) in [7, 11) is 0. The summed E-state index contributed by atoms with van der Waals surface area (Å²) in [5.41, 5.74) is -0.158. The fraction of sp³-hybridized carbons (Fsp3) is 0.529. The van der Waals surface area contributed by atoms with E-state index in [1.807, 2.05) is 0 Å². The summed E-state index contributed by atoms with van der Waals surface area (Å²) >= 11 is 5.74. The van der Waals surface area contributed by atoms with Crippen LogP contribution in [0, 0.1) is 11.7 Å². The number of carbonyl (C=O) groups is 2. The number of ether oxygens (including phenoxy) is 1. The third-order valence-electron chi connectivity index (χ3n) is 3.66. The Labute approximate surface area is 140 Å². The predicted octanol–water partition coefficient (Wildman–Crippen LogP) is 3.85. The highest BCUT2D eigenvalue weighted by Crippen LogP contribution is 2.23. The number of Topliss-reactive ketones (excluding diaryl/α,β-unsaturated/α-hetero) is 1. The second kappa shape index (κ2) is 6.87. The van der Waals surface area contributed by atoms with Crippen molar-refractivity contribution >= 4 is 23.5 Å². The van der Waals surface area contributed by atoms with Gasteiger partial charge in [-0.2, -0.15) is 0 Å². The van der Waals surface area contributed by atoms with E-state index in [0.29, 0.717) is 17.1 Å². The van der Waals surface area contributed by atoms with E-state index in [2.05, 4.69) is 0 Å². The Kier molecular flexibility index (Phi) is 5.30. The normalized spacial score (nSPS) is 18.9. The minimum Gasteiger partial charge on any atom is -0.444 e. The molecule has 0 N–H and O–H groups in total. The topological polar surface area (TPSA) is 46.6 Å². The molecule has 6 heteroatoms. The zero-order valence-corrected chi connectivity index (χ0v) is 14.3. The Bertz CT molecular complexity index is 612. The highest BCUT2D eigenvalue weighted by atomic mass is 35.5. The average Bonchev–Trinajstić information content (AvgIpc) is 2.42. The number of halogens is 2. The maximum Gasteiger partial charge on any atom is 0.410 e. The highest BCUT2D eigenvalue weighted by Gasteiger charge is 2.32. The lowest BCUT2D eigenvalue weighted by atomic mass is 9.90. The molecule has 0 spiro atoms. The maximum atomic E-state index is 13.9. The molecule has 0 aliphatic carbocycles. The molecular formula is C17H21ClFNO3. The van der Waals surface area contributed by atoms with Crippen molar-refractivity contribution in [3.63, 3.8) is 0 Å². The molecule has 1 aliphatic rings. The van der Waals surface area contributed by atoms with Gasteiger partial charge in [0.2, 0.25) is 0 Å². The molecule has 1 aromatic carbocycles. The van der Waals surface area contributed by atoms with E-state index < -0.39 is 23.4 Å². The standard InChI is InChI=1S/C17H21ClFNO3/c1-17(2,3)23-16(22)20-7-6-15(21)12(10-20)8-11-4-5-13(18)9-14(11)19/h4-5,9,12H,6-8,10H2,1-3H3. The molecule has 2 rings (SSSR count). The van der Waals surface area contributed by atoms with Gasteiger partial charge in [0.15, 0.2) is 0 Å². The number of piperidine rings is 1. The van der Waals surface area contributed by atoms with Gasteiger partial charge in [-0.1, -0.05) is 17.7 Å². The van der Waals surface area contributed by atoms with E-state index in [0.717, 1.165) is 0 Å². The van der Waals surface area contributed by atoms with Crippen LogP contribution in [0.1, 0.15) is 32.8 Å². The van der Waals surface area contributed by atoms with Crippen molar-refractivity contribution in [2.24, 2.45) is 5.92 Å². The van der Waals surface area contributed by atoms with Crippen molar-refractivity contribution in [2.45, 2.75) is 39.2 Å². The van der Waals surface area contributed by atoms with Crippen LogP contribution in [0.4, 0.5) is 9.18 Å². The van der Waals surface area contributed by atoms with Crippen LogP contribution in [-0.4, -0.2) is 35.5 Å². The molecule has 4 nitrogen and oxygen atoms in total. The minimum absolute atomic E-state index is 0.0409. The van der Waals surface area contributed by atoms with Crippen molar-refractivity contribution in [3.05, 3.63) is 34.6 Å². The fourth-order valence-corrected chi connectivity index (χ4v) is 2.69. The number of amides is 1. The van der Waals surface area contributed by atoms with E-state index >= 15 is 0 Å². The zero-order chi connectivity index (χ0) is 17.2. The van der Waals surface area contributed by atoms with E-state index in [1.54, 1.807) is 32.9 Å². The van der Waals surface area contributed by atoms with E-state index in [1.165, 1.54) is 11.0 Å². The van der Waals surface area contributed by atoms with Gasteiger partial charge in [-0.15, -0.1) is 0 Å². The lowest BCUT2D eigenvalue weighted by molar-refractivity contribution is -0.125. The van der Waals surface area contributed by atoms with Crippen LogP contribution < -0.4 is 0 Å². The monoisotopic (exact) mass is 341 g/mol. The number of rotatable bonds is 2. The number of nitrogens with zero attached hydrogens (tertiary/aromatic N) is 1. The summed E-state index contributed by atoms with van der Waals surface area (Å²) in [4.78, 5) is 25.8. The summed E-state index contributed by atoms with van der Waals surface area (Å²) in [6, 6.07) is 4.41. The molecule has 1 atom stereocenters. The molecule has 0 radical (unpaired) electrons. The molecule has 1 unspecified atom stereocenters. The Morgan fingerprint density at radius 2 is 2.13 bits per heavy atom.